The van der Waals surface area contributed by atoms with Crippen molar-refractivity contribution in [1.82, 2.24) is 19.9 Å². The Morgan fingerprint density at radius 1 is 1.29 bits per heavy atom. The number of fused-ring (bicyclic) bond motifs is 1. The van der Waals surface area contributed by atoms with Crippen LogP contribution in [0.1, 0.15) is 15.9 Å². The van der Waals surface area contributed by atoms with Crippen LogP contribution in [0.5, 0.6) is 0 Å². The second-order valence-corrected chi connectivity index (χ2v) is 5.02. The van der Waals surface area contributed by atoms with Crippen molar-refractivity contribution in [2.75, 3.05) is 0 Å². The number of nitrogens with zero attached hydrogens (tertiary/aromatic N) is 3. The van der Waals surface area contributed by atoms with Crippen molar-refractivity contribution in [3.05, 3.63) is 59.1 Å². The summed E-state index contributed by atoms with van der Waals surface area (Å²) in [7, 11) is 1.83. The van der Waals surface area contributed by atoms with Gasteiger partial charge in [0.2, 0.25) is 5.28 Å². The Hall–Kier alpha value is -2.40. The van der Waals surface area contributed by atoms with Gasteiger partial charge in [0.1, 0.15) is 0 Å². The highest BCUT2D eigenvalue weighted by atomic mass is 35.5. The number of aromatic nitrogens is 3. The lowest BCUT2D eigenvalue weighted by Gasteiger charge is -2.05. The zero-order valence-corrected chi connectivity index (χ0v) is 12.1. The maximum Gasteiger partial charge on any atom is 0.251 e. The van der Waals surface area contributed by atoms with Gasteiger partial charge in [0.05, 0.1) is 11.0 Å². The molecule has 0 radical (unpaired) electrons. The van der Waals surface area contributed by atoms with Gasteiger partial charge >= 0.3 is 0 Å². The number of aryl methyl sites for hydroxylation is 1. The summed E-state index contributed by atoms with van der Waals surface area (Å²) in [4.78, 5) is 20.3. The van der Waals surface area contributed by atoms with Gasteiger partial charge in [-0.25, -0.2) is 4.98 Å². The number of imidazole rings is 1. The smallest absolute Gasteiger partial charge is 0.251 e. The van der Waals surface area contributed by atoms with Crippen molar-refractivity contribution in [2.24, 2.45) is 7.05 Å². The van der Waals surface area contributed by atoms with E-state index in [1.807, 2.05) is 25.2 Å². The van der Waals surface area contributed by atoms with Crippen molar-refractivity contribution in [3.8, 4) is 0 Å². The molecule has 0 unspecified atom stereocenters. The van der Waals surface area contributed by atoms with Crippen molar-refractivity contribution in [2.45, 2.75) is 6.54 Å². The van der Waals surface area contributed by atoms with Crippen molar-refractivity contribution in [1.29, 1.82) is 0 Å². The van der Waals surface area contributed by atoms with Gasteiger partial charge in [-0.15, -0.1) is 0 Å². The second-order valence-electron chi connectivity index (χ2n) is 4.68. The van der Waals surface area contributed by atoms with Crippen LogP contribution in [0.2, 0.25) is 5.28 Å². The van der Waals surface area contributed by atoms with Crippen molar-refractivity contribution < 1.29 is 4.79 Å². The molecule has 21 heavy (non-hydrogen) atoms. The van der Waals surface area contributed by atoms with E-state index in [4.69, 9.17) is 11.6 Å². The third kappa shape index (κ3) is 2.73. The van der Waals surface area contributed by atoms with E-state index in [1.165, 1.54) is 0 Å². The lowest BCUT2D eigenvalue weighted by atomic mass is 10.2. The molecule has 0 aliphatic carbocycles. The number of nitrogens with one attached hydrogen (secondary N) is 1. The van der Waals surface area contributed by atoms with Crippen molar-refractivity contribution in [3.63, 3.8) is 0 Å². The molecular formula is C15H13ClN4O. The Labute approximate surface area is 126 Å². The van der Waals surface area contributed by atoms with Crippen LogP contribution in [0.15, 0.2) is 42.7 Å². The molecule has 0 saturated heterocycles. The Morgan fingerprint density at radius 3 is 2.81 bits per heavy atom. The van der Waals surface area contributed by atoms with Gasteiger partial charge in [-0.05, 0) is 47.5 Å². The molecule has 0 atom stereocenters. The van der Waals surface area contributed by atoms with Crippen molar-refractivity contribution >= 4 is 28.5 Å². The fourth-order valence-electron chi connectivity index (χ4n) is 2.10. The van der Waals surface area contributed by atoms with E-state index in [-0.39, 0.29) is 5.91 Å². The van der Waals surface area contributed by atoms with E-state index in [0.717, 1.165) is 11.1 Å². The summed E-state index contributed by atoms with van der Waals surface area (Å²) < 4.78 is 1.77. The first kappa shape index (κ1) is 13.6. The number of carbonyl (C=O) groups is 1. The quantitative estimate of drug-likeness (QED) is 0.808. The van der Waals surface area contributed by atoms with Gasteiger partial charge < -0.3 is 9.88 Å². The SMILES string of the molecule is Cn1c(Cl)nc2cc(C(=O)NCc3ccncc3)ccc21. The van der Waals surface area contributed by atoms with Gasteiger partial charge in [0.15, 0.2) is 0 Å². The van der Waals surface area contributed by atoms with Gasteiger partial charge in [0.25, 0.3) is 5.91 Å². The summed E-state index contributed by atoms with van der Waals surface area (Å²) in [6.45, 7) is 0.461. The number of carbonyl (C=O) groups excluding carboxylic acids is 1. The molecule has 1 N–H and O–H groups in total. The zero-order valence-electron chi connectivity index (χ0n) is 11.4. The monoisotopic (exact) mass is 300 g/mol. The van der Waals surface area contributed by atoms with Crippen LogP contribution in [-0.2, 0) is 13.6 Å². The Kier molecular flexibility index (Phi) is 3.58. The summed E-state index contributed by atoms with van der Waals surface area (Å²) in [6.07, 6.45) is 3.40. The van der Waals surface area contributed by atoms with E-state index in [2.05, 4.69) is 15.3 Å². The molecule has 0 bridgehead atoms. The number of amides is 1. The van der Waals surface area contributed by atoms with Gasteiger partial charge in [-0.2, -0.15) is 0 Å². The second kappa shape index (κ2) is 5.54. The fourth-order valence-corrected chi connectivity index (χ4v) is 2.28. The molecule has 1 aromatic carbocycles. The predicted octanol–water partition coefficient (Wildman–Crippen LogP) is 2.55. The first-order valence-electron chi connectivity index (χ1n) is 6.44. The lowest BCUT2D eigenvalue weighted by Crippen LogP contribution is -2.22. The predicted molar refractivity (Wildman–Crippen MR) is 81.1 cm³/mol. The Balaban J connectivity index is 1.78. The maximum absolute atomic E-state index is 12.2. The molecule has 0 saturated carbocycles. The lowest BCUT2D eigenvalue weighted by molar-refractivity contribution is 0.0951. The number of benzene rings is 1. The van der Waals surface area contributed by atoms with Gasteiger partial charge in [-0.3, -0.25) is 9.78 Å². The van der Waals surface area contributed by atoms with Crippen LogP contribution < -0.4 is 5.32 Å². The van der Waals surface area contributed by atoms with Crippen LogP contribution >= 0.6 is 11.6 Å². The largest absolute Gasteiger partial charge is 0.348 e. The third-order valence-electron chi connectivity index (χ3n) is 3.29. The molecule has 0 spiro atoms. The highest BCUT2D eigenvalue weighted by Crippen LogP contribution is 2.19. The van der Waals surface area contributed by atoms with Crippen LogP contribution in [-0.4, -0.2) is 20.4 Å². The molecule has 3 rings (SSSR count). The minimum atomic E-state index is -0.143. The molecule has 3 aromatic rings. The first-order chi connectivity index (χ1) is 10.1. The van der Waals surface area contributed by atoms with E-state index in [0.29, 0.717) is 22.9 Å². The normalized spacial score (nSPS) is 10.8. The molecule has 0 fully saturated rings. The van der Waals surface area contributed by atoms with Gasteiger partial charge in [-0.1, -0.05) is 0 Å². The van der Waals surface area contributed by atoms with Crippen LogP contribution in [0.4, 0.5) is 0 Å². The molecular weight excluding hydrogens is 288 g/mol. The summed E-state index contributed by atoms with van der Waals surface area (Å²) in [5, 5.41) is 3.27. The molecule has 2 aromatic heterocycles. The number of hydrogen-bond acceptors (Lipinski definition) is 3. The minimum absolute atomic E-state index is 0.143. The average molecular weight is 301 g/mol. The molecule has 106 valence electrons. The Bertz CT molecular complexity index is 798. The number of rotatable bonds is 3. The van der Waals surface area contributed by atoms with E-state index in [1.54, 1.807) is 29.1 Å². The summed E-state index contributed by atoms with van der Waals surface area (Å²) in [5.41, 5.74) is 3.16. The van der Waals surface area contributed by atoms with E-state index < -0.39 is 0 Å². The summed E-state index contributed by atoms with van der Waals surface area (Å²) in [5.74, 6) is -0.143. The topological polar surface area (TPSA) is 59.8 Å². The molecule has 5 nitrogen and oxygen atoms in total. The first-order valence-corrected chi connectivity index (χ1v) is 6.82. The van der Waals surface area contributed by atoms with Gasteiger partial charge in [0, 0.05) is 31.5 Å². The van der Waals surface area contributed by atoms with Crippen LogP contribution in [0, 0.1) is 0 Å². The highest BCUT2D eigenvalue weighted by Gasteiger charge is 2.10. The highest BCUT2D eigenvalue weighted by molar-refractivity contribution is 6.29. The van der Waals surface area contributed by atoms with Crippen LogP contribution in [0.3, 0.4) is 0 Å². The minimum Gasteiger partial charge on any atom is -0.348 e. The third-order valence-corrected chi connectivity index (χ3v) is 3.63. The van der Waals surface area contributed by atoms with E-state index >= 15 is 0 Å². The standard InChI is InChI=1S/C15H13ClN4O/c1-20-13-3-2-11(8-12(13)19-15(20)16)14(21)18-9-10-4-6-17-7-5-10/h2-8H,9H2,1H3,(H,18,21). The maximum atomic E-state index is 12.2. The molecule has 0 aliphatic rings. The molecule has 1 amide bonds. The molecule has 6 heteroatoms. The number of hydrogen-bond donors (Lipinski definition) is 1. The van der Waals surface area contributed by atoms with E-state index in [9.17, 15) is 4.79 Å². The summed E-state index contributed by atoms with van der Waals surface area (Å²) in [6, 6.07) is 9.07. The zero-order chi connectivity index (χ0) is 14.8. The number of pyridine rings is 1. The van der Waals surface area contributed by atoms with Crippen LogP contribution in [0.25, 0.3) is 11.0 Å². The molecule has 0 aliphatic heterocycles. The number of halogens is 1. The average Bonchev–Trinajstić information content (AvgIpc) is 2.80. The molecule has 2 heterocycles. The fraction of sp³-hybridized carbons (Fsp3) is 0.133. The Morgan fingerprint density at radius 2 is 2.05 bits per heavy atom. The summed E-state index contributed by atoms with van der Waals surface area (Å²) >= 11 is 5.97.